The predicted octanol–water partition coefficient (Wildman–Crippen LogP) is 0.786. The normalized spacial score (nSPS) is 11.9. The first-order chi connectivity index (χ1) is 9.97. The highest BCUT2D eigenvalue weighted by Crippen LogP contribution is 2.19. The van der Waals surface area contributed by atoms with E-state index in [2.05, 4.69) is 15.4 Å². The van der Waals surface area contributed by atoms with Crippen molar-refractivity contribution in [3.8, 4) is 0 Å². The van der Waals surface area contributed by atoms with Crippen LogP contribution in [-0.4, -0.2) is 31.6 Å². The van der Waals surface area contributed by atoms with E-state index in [1.807, 2.05) is 6.92 Å². The fourth-order valence-corrected chi connectivity index (χ4v) is 1.82. The van der Waals surface area contributed by atoms with Gasteiger partial charge in [-0.05, 0) is 13.0 Å². The molecule has 3 N–H and O–H groups in total. The van der Waals surface area contributed by atoms with E-state index in [0.717, 1.165) is 12.3 Å². The van der Waals surface area contributed by atoms with E-state index in [4.69, 9.17) is 5.73 Å². The second-order valence-electron chi connectivity index (χ2n) is 4.48. The van der Waals surface area contributed by atoms with Crippen LogP contribution in [0.2, 0.25) is 0 Å². The van der Waals surface area contributed by atoms with E-state index >= 15 is 0 Å². The molecule has 0 aromatic carbocycles. The summed E-state index contributed by atoms with van der Waals surface area (Å²) in [5.74, 6) is -0.562. The molecule has 0 spiro atoms. The number of carbonyl (C=O) groups is 1. The number of nitro groups is 1. The van der Waals surface area contributed by atoms with Gasteiger partial charge in [-0.2, -0.15) is 5.10 Å². The molecule has 0 saturated carbocycles. The van der Waals surface area contributed by atoms with Gasteiger partial charge in [0, 0.05) is 24.5 Å². The summed E-state index contributed by atoms with van der Waals surface area (Å²) in [5, 5.41) is 17.8. The predicted molar refractivity (Wildman–Crippen MR) is 74.7 cm³/mol. The quantitative estimate of drug-likeness (QED) is 0.597. The van der Waals surface area contributed by atoms with Crippen LogP contribution in [0, 0.1) is 10.1 Å². The first-order valence-corrected chi connectivity index (χ1v) is 6.15. The Hall–Kier alpha value is -2.97. The van der Waals surface area contributed by atoms with E-state index in [-0.39, 0.29) is 23.1 Å². The van der Waals surface area contributed by atoms with Crippen LogP contribution in [0.5, 0.6) is 0 Å². The van der Waals surface area contributed by atoms with E-state index in [1.54, 1.807) is 23.1 Å². The van der Waals surface area contributed by atoms with Crippen LogP contribution in [0.4, 0.5) is 11.5 Å². The fourth-order valence-electron chi connectivity index (χ4n) is 1.82. The number of nitrogens with two attached hydrogens (primary N) is 1. The van der Waals surface area contributed by atoms with Crippen molar-refractivity contribution in [1.29, 1.82) is 0 Å². The van der Waals surface area contributed by atoms with Crippen LogP contribution in [-0.2, 0) is 6.54 Å². The van der Waals surface area contributed by atoms with Crippen molar-refractivity contribution in [3.63, 3.8) is 0 Å². The summed E-state index contributed by atoms with van der Waals surface area (Å²) < 4.78 is 1.72. The summed E-state index contributed by atoms with van der Waals surface area (Å²) in [6.07, 6.45) is 4.54. The Kier molecular flexibility index (Phi) is 4.12. The van der Waals surface area contributed by atoms with Gasteiger partial charge in [0.2, 0.25) is 0 Å². The van der Waals surface area contributed by atoms with Crippen LogP contribution >= 0.6 is 0 Å². The maximum Gasteiger partial charge on any atom is 0.288 e. The molecule has 2 aromatic heterocycles. The molecule has 0 radical (unpaired) electrons. The van der Waals surface area contributed by atoms with Gasteiger partial charge in [-0.3, -0.25) is 19.6 Å². The minimum absolute atomic E-state index is 0.0171. The Morgan fingerprint density at radius 2 is 2.38 bits per heavy atom. The van der Waals surface area contributed by atoms with Gasteiger partial charge in [-0.15, -0.1) is 0 Å². The number of carbonyl (C=O) groups excluding carboxylic acids is 1. The molecule has 0 unspecified atom stereocenters. The second kappa shape index (κ2) is 5.99. The number of hydrogen-bond donors (Lipinski definition) is 2. The van der Waals surface area contributed by atoms with Crippen molar-refractivity contribution in [2.24, 2.45) is 5.73 Å². The lowest BCUT2D eigenvalue weighted by atomic mass is 10.2. The molecule has 0 bridgehead atoms. The molecule has 0 saturated heterocycles. The lowest BCUT2D eigenvalue weighted by Gasteiger charge is -2.16. The van der Waals surface area contributed by atoms with Gasteiger partial charge >= 0.3 is 0 Å². The molecule has 0 aliphatic carbocycles. The van der Waals surface area contributed by atoms with E-state index < -0.39 is 10.8 Å². The van der Waals surface area contributed by atoms with Crippen molar-refractivity contribution >= 4 is 17.4 Å². The van der Waals surface area contributed by atoms with Crippen molar-refractivity contribution in [1.82, 2.24) is 14.8 Å². The van der Waals surface area contributed by atoms with Gasteiger partial charge < -0.3 is 11.1 Å². The second-order valence-corrected chi connectivity index (χ2v) is 4.48. The first kappa shape index (κ1) is 14.4. The zero-order chi connectivity index (χ0) is 15.4. The molecule has 9 heteroatoms. The number of amides is 1. The molecule has 1 amide bonds. The van der Waals surface area contributed by atoms with Crippen molar-refractivity contribution in [2.45, 2.75) is 19.5 Å². The molecule has 110 valence electrons. The number of nitrogens with zero attached hydrogens (tertiary/aromatic N) is 4. The zero-order valence-corrected chi connectivity index (χ0v) is 11.3. The van der Waals surface area contributed by atoms with Crippen LogP contribution < -0.4 is 11.1 Å². The minimum atomic E-state index is -0.778. The maximum atomic E-state index is 11.4. The fraction of sp³-hybridized carbons (Fsp3) is 0.250. The molecular formula is C12H14N6O3. The van der Waals surface area contributed by atoms with Gasteiger partial charge in [-0.1, -0.05) is 0 Å². The van der Waals surface area contributed by atoms with Gasteiger partial charge in [0.05, 0.1) is 17.0 Å². The van der Waals surface area contributed by atoms with E-state index in [1.165, 1.54) is 0 Å². The van der Waals surface area contributed by atoms with Gasteiger partial charge in [-0.25, -0.2) is 4.98 Å². The third-order valence-electron chi connectivity index (χ3n) is 2.75. The number of primary amides is 1. The number of rotatable bonds is 6. The third kappa shape index (κ3) is 3.53. The highest BCUT2D eigenvalue weighted by atomic mass is 16.6. The Morgan fingerprint density at radius 1 is 1.62 bits per heavy atom. The van der Waals surface area contributed by atoms with E-state index in [9.17, 15) is 14.9 Å². The molecule has 21 heavy (non-hydrogen) atoms. The molecule has 0 fully saturated rings. The smallest absolute Gasteiger partial charge is 0.288 e. The summed E-state index contributed by atoms with van der Waals surface area (Å²) in [7, 11) is 0. The molecule has 1 atom stereocenters. The van der Waals surface area contributed by atoms with Gasteiger partial charge in [0.15, 0.2) is 0 Å². The third-order valence-corrected chi connectivity index (χ3v) is 2.75. The summed E-state index contributed by atoms with van der Waals surface area (Å²) in [6.45, 7) is 2.42. The summed E-state index contributed by atoms with van der Waals surface area (Å²) >= 11 is 0. The highest BCUT2D eigenvalue weighted by Gasteiger charge is 2.17. The summed E-state index contributed by atoms with van der Waals surface area (Å²) in [6, 6.07) is 2.81. The first-order valence-electron chi connectivity index (χ1n) is 6.15. The number of pyridine rings is 1. The van der Waals surface area contributed by atoms with Crippen LogP contribution in [0.1, 0.15) is 17.3 Å². The standard InChI is InChI=1S/C12H14N6O3/c1-8(7-17-4-2-3-15-17)16-12-10(11(13)19)5-9(6-14-12)18(20)21/h2-6,8H,7H2,1H3,(H2,13,19)(H,14,16)/t8-/m1/s1. The average molecular weight is 290 g/mol. The SMILES string of the molecule is C[C@H](Cn1cccn1)Nc1ncc([N+](=O)[O-])cc1C(N)=O. The Bertz CT molecular complexity index is 655. The lowest BCUT2D eigenvalue weighted by Crippen LogP contribution is -2.25. The molecular weight excluding hydrogens is 276 g/mol. The Balaban J connectivity index is 2.18. The van der Waals surface area contributed by atoms with Crippen LogP contribution in [0.15, 0.2) is 30.7 Å². The topological polar surface area (TPSA) is 129 Å². The maximum absolute atomic E-state index is 11.4. The average Bonchev–Trinajstić information content (AvgIpc) is 2.91. The van der Waals surface area contributed by atoms with Gasteiger partial charge in [0.1, 0.15) is 12.0 Å². The Labute approximate surface area is 119 Å². The minimum Gasteiger partial charge on any atom is -0.365 e. The van der Waals surface area contributed by atoms with Crippen LogP contribution in [0.3, 0.4) is 0 Å². The monoisotopic (exact) mass is 290 g/mol. The molecule has 2 rings (SSSR count). The lowest BCUT2D eigenvalue weighted by molar-refractivity contribution is -0.385. The van der Waals surface area contributed by atoms with Crippen molar-refractivity contribution in [2.75, 3.05) is 5.32 Å². The number of aromatic nitrogens is 3. The van der Waals surface area contributed by atoms with Crippen LogP contribution in [0.25, 0.3) is 0 Å². The highest BCUT2D eigenvalue weighted by molar-refractivity contribution is 5.98. The molecule has 0 aliphatic heterocycles. The molecule has 0 aliphatic rings. The van der Waals surface area contributed by atoms with Gasteiger partial charge in [0.25, 0.3) is 11.6 Å². The number of nitrogens with one attached hydrogen (secondary N) is 1. The molecule has 9 nitrogen and oxygen atoms in total. The number of hydrogen-bond acceptors (Lipinski definition) is 6. The summed E-state index contributed by atoms with van der Waals surface area (Å²) in [5.41, 5.74) is 4.94. The van der Waals surface area contributed by atoms with Crippen molar-refractivity contribution < 1.29 is 9.72 Å². The summed E-state index contributed by atoms with van der Waals surface area (Å²) in [4.78, 5) is 25.4. The molecule has 2 aromatic rings. The number of anilines is 1. The Morgan fingerprint density at radius 3 is 2.95 bits per heavy atom. The zero-order valence-electron chi connectivity index (χ0n) is 11.3. The van der Waals surface area contributed by atoms with Crippen molar-refractivity contribution in [3.05, 3.63) is 46.4 Å². The largest absolute Gasteiger partial charge is 0.365 e. The van der Waals surface area contributed by atoms with E-state index in [0.29, 0.717) is 6.54 Å². The molecule has 2 heterocycles.